The van der Waals surface area contributed by atoms with E-state index in [4.69, 9.17) is 27.9 Å². The molecule has 0 N–H and O–H groups in total. The number of amides is 3. The van der Waals surface area contributed by atoms with Crippen molar-refractivity contribution in [2.24, 2.45) is 11.8 Å². The van der Waals surface area contributed by atoms with Gasteiger partial charge in [-0.15, -0.1) is 0 Å². The Bertz CT molecular complexity index is 1640. The maximum atomic E-state index is 13.7. The van der Waals surface area contributed by atoms with Crippen LogP contribution in [0.25, 0.3) is 0 Å². The summed E-state index contributed by atoms with van der Waals surface area (Å²) in [5.74, 6) is -4.04. The first kappa shape index (κ1) is 29.7. The summed E-state index contributed by atoms with van der Waals surface area (Å²) in [5.41, 5.74) is 1.48. The fourth-order valence-corrected chi connectivity index (χ4v) is 5.73. The smallest absolute Gasteiger partial charge is 0.343 e. The van der Waals surface area contributed by atoms with Gasteiger partial charge in [0.1, 0.15) is 12.3 Å². The number of ketones is 1. The van der Waals surface area contributed by atoms with E-state index in [2.05, 4.69) is 15.9 Å². The third kappa shape index (κ3) is 6.04. The summed E-state index contributed by atoms with van der Waals surface area (Å²) in [6.07, 6.45) is 2.67. The second-order valence-electron chi connectivity index (χ2n) is 10.0. The zero-order chi connectivity index (χ0) is 30.1. The Kier molecular flexibility index (Phi) is 8.63. The lowest BCUT2D eigenvalue weighted by Gasteiger charge is -2.30. The second kappa shape index (κ2) is 12.2. The number of hydrogen-bond donors (Lipinski definition) is 0. The maximum Gasteiger partial charge on any atom is 0.343 e. The lowest BCUT2D eigenvalue weighted by atomic mass is 9.82. The molecular formula is C31H23BrCl2N2O6. The number of hydrazine groups is 1. The second-order valence-corrected chi connectivity index (χ2v) is 11.8. The quantitative estimate of drug-likeness (QED) is 0.0929. The van der Waals surface area contributed by atoms with E-state index in [0.29, 0.717) is 23.4 Å². The molecule has 1 fully saturated rings. The highest BCUT2D eigenvalue weighted by molar-refractivity contribution is 9.10. The van der Waals surface area contributed by atoms with Crippen LogP contribution in [0.5, 0.6) is 5.75 Å². The van der Waals surface area contributed by atoms with Gasteiger partial charge in [-0.3, -0.25) is 19.2 Å². The van der Waals surface area contributed by atoms with Crippen molar-refractivity contribution in [1.29, 1.82) is 0 Å². The minimum Gasteiger partial charge on any atom is -0.423 e. The van der Waals surface area contributed by atoms with Gasteiger partial charge in [-0.05, 0) is 86.5 Å². The largest absolute Gasteiger partial charge is 0.423 e. The minimum atomic E-state index is -0.796. The highest BCUT2D eigenvalue weighted by Crippen LogP contribution is 2.39. The van der Waals surface area contributed by atoms with Crippen LogP contribution in [0.15, 0.2) is 82.9 Å². The van der Waals surface area contributed by atoms with Gasteiger partial charge in [-0.2, -0.15) is 5.01 Å². The molecule has 2 atom stereocenters. The molecule has 1 heterocycles. The van der Waals surface area contributed by atoms with Crippen molar-refractivity contribution in [2.45, 2.75) is 19.8 Å². The average Bonchev–Trinajstić information content (AvgIpc) is 3.20. The van der Waals surface area contributed by atoms with E-state index < -0.39 is 47.9 Å². The lowest BCUT2D eigenvalue weighted by Crippen LogP contribution is -2.52. The molecule has 1 saturated heterocycles. The first-order valence-electron chi connectivity index (χ1n) is 12.9. The SMILES string of the molecule is CC1=CC[C@@H]2C(=O)N(N(CC(=O)c3ccc(OC(=O)c4ccc(Br)cc4)cc3)C(=O)c3ccc(Cl)cc3Cl)C(=O)[C@@H]2C1. The molecule has 0 unspecified atom stereocenters. The van der Waals surface area contributed by atoms with Crippen LogP contribution in [-0.2, 0) is 9.59 Å². The Morgan fingerprint density at radius 2 is 1.57 bits per heavy atom. The fourth-order valence-electron chi connectivity index (χ4n) is 4.98. The number of benzene rings is 3. The van der Waals surface area contributed by atoms with E-state index in [1.807, 2.05) is 13.0 Å². The van der Waals surface area contributed by atoms with Gasteiger partial charge in [0, 0.05) is 15.1 Å². The molecule has 0 saturated carbocycles. The first-order valence-corrected chi connectivity index (χ1v) is 14.5. The summed E-state index contributed by atoms with van der Waals surface area (Å²) in [6.45, 7) is 1.27. The number of carbonyl (C=O) groups excluding carboxylic acids is 5. The fraction of sp³-hybridized carbons (Fsp3) is 0.194. The van der Waals surface area contributed by atoms with Crippen LogP contribution in [0, 0.1) is 11.8 Å². The van der Waals surface area contributed by atoms with Crippen molar-refractivity contribution in [3.63, 3.8) is 0 Å². The molecule has 2 aliphatic rings. The van der Waals surface area contributed by atoms with Crippen molar-refractivity contribution >= 4 is 68.6 Å². The number of esters is 1. The molecule has 0 aromatic heterocycles. The normalized spacial score (nSPS) is 17.9. The van der Waals surface area contributed by atoms with Gasteiger partial charge in [0.2, 0.25) is 0 Å². The number of halogens is 3. The zero-order valence-corrected chi connectivity index (χ0v) is 25.3. The van der Waals surface area contributed by atoms with Crippen molar-refractivity contribution in [2.75, 3.05) is 6.54 Å². The summed E-state index contributed by atoms with van der Waals surface area (Å²) in [4.78, 5) is 66.5. The molecule has 3 aromatic rings. The van der Waals surface area contributed by atoms with E-state index in [0.717, 1.165) is 20.1 Å². The summed E-state index contributed by atoms with van der Waals surface area (Å²) in [5, 5.41) is 1.95. The number of imide groups is 1. The molecule has 214 valence electrons. The van der Waals surface area contributed by atoms with Crippen LogP contribution < -0.4 is 4.74 Å². The highest BCUT2D eigenvalue weighted by Gasteiger charge is 2.52. The topological polar surface area (TPSA) is 101 Å². The number of Topliss-reactive ketones (excluding diaryl/α,β-unsaturated/α-hetero) is 1. The van der Waals surface area contributed by atoms with Crippen molar-refractivity contribution in [3.05, 3.63) is 110 Å². The number of rotatable bonds is 7. The van der Waals surface area contributed by atoms with Crippen LogP contribution in [0.4, 0.5) is 0 Å². The standard InChI is InChI=1S/C31H23BrCl2N2O6/c1-17-2-12-23-25(14-17)30(40)36(29(23)39)35(28(38)24-13-9-21(33)15-26(24)34)16-27(37)18-5-10-22(11-6-18)42-31(41)19-3-7-20(32)8-4-19/h2-11,13,15,23,25H,12,14,16H2,1H3/t23-,25+/m0/s1. The van der Waals surface area contributed by atoms with Gasteiger partial charge in [0.15, 0.2) is 5.78 Å². The van der Waals surface area contributed by atoms with Gasteiger partial charge in [-0.1, -0.05) is 50.8 Å². The van der Waals surface area contributed by atoms with Crippen LogP contribution in [0.2, 0.25) is 10.0 Å². The summed E-state index contributed by atoms with van der Waals surface area (Å²) >= 11 is 15.6. The van der Waals surface area contributed by atoms with Gasteiger partial charge in [0.05, 0.1) is 28.0 Å². The summed E-state index contributed by atoms with van der Waals surface area (Å²) in [6, 6.07) is 16.6. The Balaban J connectivity index is 1.39. The molecule has 8 nitrogen and oxygen atoms in total. The number of fused-ring (bicyclic) bond motifs is 1. The number of nitrogens with zero attached hydrogens (tertiary/aromatic N) is 2. The highest BCUT2D eigenvalue weighted by atomic mass is 79.9. The van der Waals surface area contributed by atoms with E-state index in [1.54, 1.807) is 24.3 Å². The van der Waals surface area contributed by atoms with Crippen molar-refractivity contribution < 1.29 is 28.7 Å². The first-order chi connectivity index (χ1) is 20.0. The number of ether oxygens (including phenoxy) is 1. The Hall–Kier alpha value is -3.79. The Morgan fingerprint density at radius 3 is 2.24 bits per heavy atom. The monoisotopic (exact) mass is 668 g/mol. The molecule has 3 aromatic carbocycles. The van der Waals surface area contributed by atoms with Crippen LogP contribution >= 0.6 is 39.1 Å². The van der Waals surface area contributed by atoms with Crippen molar-refractivity contribution in [3.8, 4) is 5.75 Å². The lowest BCUT2D eigenvalue weighted by molar-refractivity contribution is -0.154. The van der Waals surface area contributed by atoms with Crippen LogP contribution in [0.1, 0.15) is 50.8 Å². The Morgan fingerprint density at radius 1 is 0.929 bits per heavy atom. The average molecular weight is 670 g/mol. The molecule has 1 aliphatic carbocycles. The molecule has 0 radical (unpaired) electrons. The molecule has 11 heteroatoms. The Labute approximate surface area is 259 Å². The molecule has 0 spiro atoms. The molecule has 1 aliphatic heterocycles. The molecule has 0 bridgehead atoms. The van der Waals surface area contributed by atoms with E-state index in [-0.39, 0.29) is 21.9 Å². The molecular weight excluding hydrogens is 647 g/mol. The van der Waals surface area contributed by atoms with Crippen molar-refractivity contribution in [1.82, 2.24) is 10.0 Å². The summed E-state index contributed by atoms with van der Waals surface area (Å²) < 4.78 is 6.20. The molecule has 5 rings (SSSR count). The minimum absolute atomic E-state index is 0.0101. The molecule has 3 amide bonds. The number of carbonyl (C=O) groups is 5. The zero-order valence-electron chi connectivity index (χ0n) is 22.2. The number of hydrogen-bond acceptors (Lipinski definition) is 6. The molecule has 42 heavy (non-hydrogen) atoms. The maximum absolute atomic E-state index is 13.7. The third-order valence-electron chi connectivity index (χ3n) is 7.20. The van der Waals surface area contributed by atoms with E-state index >= 15 is 0 Å². The predicted octanol–water partition coefficient (Wildman–Crippen LogP) is 6.56. The van der Waals surface area contributed by atoms with Gasteiger partial charge >= 0.3 is 5.97 Å². The summed E-state index contributed by atoms with van der Waals surface area (Å²) in [7, 11) is 0. The van der Waals surface area contributed by atoms with Crippen LogP contribution in [-0.4, -0.2) is 46.0 Å². The van der Waals surface area contributed by atoms with Crippen LogP contribution in [0.3, 0.4) is 0 Å². The van der Waals surface area contributed by atoms with Gasteiger partial charge < -0.3 is 4.74 Å². The predicted molar refractivity (Wildman–Crippen MR) is 159 cm³/mol. The number of allylic oxidation sites excluding steroid dienone is 2. The van der Waals surface area contributed by atoms with E-state index in [9.17, 15) is 24.0 Å². The van der Waals surface area contributed by atoms with Gasteiger partial charge in [0.25, 0.3) is 17.7 Å². The van der Waals surface area contributed by atoms with Gasteiger partial charge in [-0.25, -0.2) is 9.80 Å². The third-order valence-corrected chi connectivity index (χ3v) is 8.27. The van der Waals surface area contributed by atoms with E-state index in [1.165, 1.54) is 42.5 Å².